The van der Waals surface area contributed by atoms with Gasteiger partial charge in [-0.3, -0.25) is 0 Å². The minimum Gasteiger partial charge on any atom is -0.463 e. The first-order valence-corrected chi connectivity index (χ1v) is 10.5. The number of nitrogens with one attached hydrogen (secondary N) is 1. The summed E-state index contributed by atoms with van der Waals surface area (Å²) in [4.78, 5) is 24.2. The molecule has 0 bridgehead atoms. The first-order chi connectivity index (χ1) is 14.5. The van der Waals surface area contributed by atoms with Crippen molar-refractivity contribution in [1.82, 2.24) is 5.32 Å². The van der Waals surface area contributed by atoms with Gasteiger partial charge in [0.15, 0.2) is 0 Å². The molecule has 0 spiro atoms. The molecular formula is C25H31NO4. The third-order valence-electron chi connectivity index (χ3n) is 4.60. The van der Waals surface area contributed by atoms with Gasteiger partial charge in [0.05, 0.1) is 19.3 Å². The topological polar surface area (TPSA) is 64.6 Å². The van der Waals surface area contributed by atoms with Crippen LogP contribution in [0, 0.1) is 0 Å². The number of benzene rings is 2. The van der Waals surface area contributed by atoms with Crippen molar-refractivity contribution in [2.45, 2.75) is 46.1 Å². The Kier molecular flexibility index (Phi) is 9.65. The van der Waals surface area contributed by atoms with Crippen LogP contribution in [0.5, 0.6) is 0 Å². The SMILES string of the molecule is CCCCOC(=O)N[C@@H](/C=C(\C)C(=O)OCC)Cc1ccc(-c2ccccc2)cc1. The lowest BCUT2D eigenvalue weighted by Gasteiger charge is -2.17. The lowest BCUT2D eigenvalue weighted by atomic mass is 10.00. The van der Waals surface area contributed by atoms with Gasteiger partial charge in [-0.2, -0.15) is 0 Å². The van der Waals surface area contributed by atoms with Crippen LogP contribution in [-0.2, 0) is 20.7 Å². The second-order valence-corrected chi connectivity index (χ2v) is 7.08. The summed E-state index contributed by atoms with van der Waals surface area (Å²) in [7, 11) is 0. The van der Waals surface area contributed by atoms with Gasteiger partial charge in [0.1, 0.15) is 0 Å². The fraction of sp³-hybridized carbons (Fsp3) is 0.360. The first kappa shape index (κ1) is 23.2. The Labute approximate surface area is 179 Å². The van der Waals surface area contributed by atoms with E-state index in [1.807, 2.05) is 37.3 Å². The highest BCUT2D eigenvalue weighted by atomic mass is 16.5. The normalized spacial score (nSPS) is 12.2. The third-order valence-corrected chi connectivity index (χ3v) is 4.60. The fourth-order valence-electron chi connectivity index (χ4n) is 2.99. The Bertz CT molecular complexity index is 828. The van der Waals surface area contributed by atoms with Gasteiger partial charge in [0.25, 0.3) is 0 Å². The molecule has 30 heavy (non-hydrogen) atoms. The molecule has 0 heterocycles. The standard InChI is InChI=1S/C25H31NO4/c1-4-6-16-30-25(28)26-23(17-19(3)24(27)29-5-2)18-20-12-14-22(15-13-20)21-10-8-7-9-11-21/h7-15,17,23H,4-6,16,18H2,1-3H3,(H,26,28)/b19-17+/t23-/m0/s1. The molecule has 2 aromatic carbocycles. The summed E-state index contributed by atoms with van der Waals surface area (Å²) in [5.74, 6) is -0.386. The van der Waals surface area contributed by atoms with Crippen LogP contribution in [0.15, 0.2) is 66.2 Å². The molecule has 0 aromatic heterocycles. The van der Waals surface area contributed by atoms with Crippen LogP contribution in [0.3, 0.4) is 0 Å². The van der Waals surface area contributed by atoms with Gasteiger partial charge < -0.3 is 14.8 Å². The molecule has 0 fully saturated rings. The summed E-state index contributed by atoms with van der Waals surface area (Å²) in [6, 6.07) is 17.9. The predicted molar refractivity (Wildman–Crippen MR) is 119 cm³/mol. The molecule has 5 heteroatoms. The summed E-state index contributed by atoms with van der Waals surface area (Å²) in [6.45, 7) is 6.17. The monoisotopic (exact) mass is 409 g/mol. The minimum atomic E-state index is -0.484. The number of amides is 1. The Hall–Kier alpha value is -3.08. The van der Waals surface area contributed by atoms with Crippen LogP contribution in [0.25, 0.3) is 11.1 Å². The summed E-state index contributed by atoms with van der Waals surface area (Å²) < 4.78 is 10.3. The maximum atomic E-state index is 12.2. The molecule has 1 amide bonds. The van der Waals surface area contributed by atoms with E-state index in [2.05, 4.69) is 29.6 Å². The fourth-order valence-corrected chi connectivity index (χ4v) is 2.99. The van der Waals surface area contributed by atoms with E-state index in [1.54, 1.807) is 19.9 Å². The van der Waals surface area contributed by atoms with Crippen molar-refractivity contribution >= 4 is 12.1 Å². The van der Waals surface area contributed by atoms with Crippen molar-refractivity contribution < 1.29 is 19.1 Å². The molecular weight excluding hydrogens is 378 g/mol. The minimum absolute atomic E-state index is 0.308. The summed E-state index contributed by atoms with van der Waals surface area (Å²) in [5.41, 5.74) is 3.77. The van der Waals surface area contributed by atoms with Crippen LogP contribution < -0.4 is 5.32 Å². The third kappa shape index (κ3) is 7.74. The number of rotatable bonds is 10. The van der Waals surface area contributed by atoms with Crippen LogP contribution >= 0.6 is 0 Å². The number of carbonyl (C=O) groups excluding carboxylic acids is 2. The first-order valence-electron chi connectivity index (χ1n) is 10.5. The molecule has 0 unspecified atom stereocenters. The number of esters is 1. The molecule has 2 aromatic rings. The van der Waals surface area contributed by atoms with E-state index < -0.39 is 6.09 Å². The maximum Gasteiger partial charge on any atom is 0.407 e. The van der Waals surface area contributed by atoms with E-state index >= 15 is 0 Å². The Morgan fingerprint density at radius 1 is 0.967 bits per heavy atom. The highest BCUT2D eigenvalue weighted by Gasteiger charge is 2.15. The van der Waals surface area contributed by atoms with Crippen molar-refractivity contribution in [3.8, 4) is 11.1 Å². The molecule has 160 valence electrons. The van der Waals surface area contributed by atoms with E-state index in [1.165, 1.54) is 0 Å². The number of unbranched alkanes of at least 4 members (excludes halogenated alkanes) is 1. The van der Waals surface area contributed by atoms with Crippen molar-refractivity contribution in [2.24, 2.45) is 0 Å². The second-order valence-electron chi connectivity index (χ2n) is 7.08. The van der Waals surface area contributed by atoms with Crippen molar-refractivity contribution in [3.63, 3.8) is 0 Å². The van der Waals surface area contributed by atoms with Crippen LogP contribution in [-0.4, -0.2) is 31.3 Å². The summed E-state index contributed by atoms with van der Waals surface area (Å²) >= 11 is 0. The molecule has 0 aliphatic rings. The second kappa shape index (κ2) is 12.5. The number of hydrogen-bond donors (Lipinski definition) is 1. The molecule has 5 nitrogen and oxygen atoms in total. The number of alkyl carbamates (subject to hydrolysis) is 1. The van der Waals surface area contributed by atoms with Gasteiger partial charge in [-0.05, 0) is 43.4 Å². The highest BCUT2D eigenvalue weighted by Crippen LogP contribution is 2.20. The van der Waals surface area contributed by atoms with Crippen molar-refractivity contribution in [2.75, 3.05) is 13.2 Å². The average molecular weight is 410 g/mol. The summed E-state index contributed by atoms with van der Waals surface area (Å²) in [5, 5.41) is 2.85. The lowest BCUT2D eigenvalue weighted by molar-refractivity contribution is -0.138. The molecule has 1 atom stereocenters. The number of hydrogen-bond acceptors (Lipinski definition) is 4. The average Bonchev–Trinajstić information content (AvgIpc) is 2.75. The van der Waals surface area contributed by atoms with E-state index in [-0.39, 0.29) is 12.0 Å². The van der Waals surface area contributed by atoms with E-state index in [0.717, 1.165) is 29.5 Å². The van der Waals surface area contributed by atoms with Crippen molar-refractivity contribution in [1.29, 1.82) is 0 Å². The smallest absolute Gasteiger partial charge is 0.407 e. The zero-order valence-corrected chi connectivity index (χ0v) is 18.0. The summed E-state index contributed by atoms with van der Waals surface area (Å²) in [6.07, 6.45) is 3.55. The van der Waals surface area contributed by atoms with Gasteiger partial charge in [-0.25, -0.2) is 9.59 Å². The highest BCUT2D eigenvalue weighted by molar-refractivity contribution is 5.88. The van der Waals surface area contributed by atoms with Crippen LogP contribution in [0.4, 0.5) is 4.79 Å². The molecule has 0 saturated heterocycles. The molecule has 1 N–H and O–H groups in total. The van der Waals surface area contributed by atoms with Gasteiger partial charge >= 0.3 is 12.1 Å². The quantitative estimate of drug-likeness (QED) is 0.328. The van der Waals surface area contributed by atoms with E-state index in [9.17, 15) is 9.59 Å². The maximum absolute atomic E-state index is 12.2. The molecule has 0 saturated carbocycles. The molecule has 0 radical (unpaired) electrons. The Balaban J connectivity index is 2.12. The van der Waals surface area contributed by atoms with Gasteiger partial charge in [0.2, 0.25) is 0 Å². The van der Waals surface area contributed by atoms with Crippen LogP contribution in [0.2, 0.25) is 0 Å². The zero-order chi connectivity index (χ0) is 21.8. The van der Waals surface area contributed by atoms with Gasteiger partial charge in [0, 0.05) is 5.57 Å². The number of ether oxygens (including phenoxy) is 2. The van der Waals surface area contributed by atoms with E-state index in [0.29, 0.717) is 25.2 Å². The van der Waals surface area contributed by atoms with Gasteiger partial charge in [-0.1, -0.05) is 74.0 Å². The largest absolute Gasteiger partial charge is 0.463 e. The van der Waals surface area contributed by atoms with Crippen LogP contribution in [0.1, 0.15) is 39.2 Å². The molecule has 0 aliphatic carbocycles. The predicted octanol–water partition coefficient (Wildman–Crippen LogP) is 5.30. The van der Waals surface area contributed by atoms with E-state index in [4.69, 9.17) is 9.47 Å². The van der Waals surface area contributed by atoms with Crippen molar-refractivity contribution in [3.05, 3.63) is 71.8 Å². The molecule has 0 aliphatic heterocycles. The Morgan fingerprint density at radius 2 is 1.63 bits per heavy atom. The lowest BCUT2D eigenvalue weighted by Crippen LogP contribution is -2.36. The van der Waals surface area contributed by atoms with Gasteiger partial charge in [-0.15, -0.1) is 0 Å². The molecule has 2 rings (SSSR count). The zero-order valence-electron chi connectivity index (χ0n) is 18.0. The Morgan fingerprint density at radius 3 is 2.27 bits per heavy atom. The number of carbonyl (C=O) groups is 2.